The third-order valence-electron chi connectivity index (χ3n) is 4.10. The van der Waals surface area contributed by atoms with Gasteiger partial charge in [0.1, 0.15) is 5.75 Å². The maximum atomic E-state index is 12.1. The average molecular weight is 368 g/mol. The lowest BCUT2D eigenvalue weighted by molar-refractivity contribution is -0.120. The predicted octanol–water partition coefficient (Wildman–Crippen LogP) is 1.95. The van der Waals surface area contributed by atoms with Gasteiger partial charge in [0, 0.05) is 22.9 Å². The summed E-state index contributed by atoms with van der Waals surface area (Å²) in [5.74, 6) is 0.480. The van der Waals surface area contributed by atoms with Crippen LogP contribution < -0.4 is 9.64 Å². The maximum absolute atomic E-state index is 12.1. The van der Waals surface area contributed by atoms with Crippen LogP contribution in [0.4, 0.5) is 5.69 Å². The van der Waals surface area contributed by atoms with E-state index in [4.69, 9.17) is 4.74 Å². The Morgan fingerprint density at radius 1 is 1.38 bits per heavy atom. The molecule has 24 heavy (non-hydrogen) atoms. The van der Waals surface area contributed by atoms with Crippen molar-refractivity contribution in [2.75, 3.05) is 23.5 Å². The normalized spacial score (nSPS) is 26.8. The van der Waals surface area contributed by atoms with E-state index in [-0.39, 0.29) is 34.6 Å². The van der Waals surface area contributed by atoms with Crippen molar-refractivity contribution in [2.24, 2.45) is 10.9 Å². The summed E-state index contributed by atoms with van der Waals surface area (Å²) >= 11 is 1.38. The van der Waals surface area contributed by atoms with E-state index in [9.17, 15) is 13.2 Å². The van der Waals surface area contributed by atoms with Crippen molar-refractivity contribution in [2.45, 2.75) is 25.1 Å². The molecule has 2 aliphatic heterocycles. The van der Waals surface area contributed by atoms with Crippen LogP contribution in [0, 0.1) is 5.92 Å². The minimum atomic E-state index is -3.06. The number of methoxy groups -OCH3 is 1. The Morgan fingerprint density at radius 3 is 2.79 bits per heavy atom. The zero-order chi connectivity index (χ0) is 17.5. The second-order valence-electron chi connectivity index (χ2n) is 6.26. The molecule has 2 fully saturated rings. The molecule has 0 radical (unpaired) electrons. The van der Waals surface area contributed by atoms with Crippen LogP contribution in [0.15, 0.2) is 29.3 Å². The Bertz CT molecular complexity index is 789. The first-order valence-corrected chi connectivity index (χ1v) is 10.4. The monoisotopic (exact) mass is 368 g/mol. The molecule has 2 unspecified atom stereocenters. The number of amides is 1. The molecule has 2 aliphatic rings. The summed E-state index contributed by atoms with van der Waals surface area (Å²) in [5.41, 5.74) is 0.793. The topological polar surface area (TPSA) is 76.0 Å². The number of hydrogen-bond donors (Lipinski definition) is 0. The van der Waals surface area contributed by atoms with Gasteiger partial charge >= 0.3 is 0 Å². The average Bonchev–Trinajstić information content (AvgIpc) is 2.98. The van der Waals surface area contributed by atoms with E-state index in [1.807, 2.05) is 29.2 Å². The molecule has 0 aliphatic carbocycles. The minimum Gasteiger partial charge on any atom is -0.497 e. The molecule has 0 aromatic heterocycles. The van der Waals surface area contributed by atoms with Gasteiger partial charge in [0.05, 0.1) is 24.7 Å². The fraction of sp³-hybridized carbons (Fsp3) is 0.500. The van der Waals surface area contributed by atoms with Crippen LogP contribution in [0.5, 0.6) is 5.75 Å². The smallest absolute Gasteiger partial charge is 0.250 e. The Hall–Kier alpha value is -1.54. The molecule has 0 bridgehead atoms. The molecule has 3 rings (SSSR count). The molecular weight excluding hydrogens is 348 g/mol. The van der Waals surface area contributed by atoms with Crippen molar-refractivity contribution in [3.63, 3.8) is 0 Å². The largest absolute Gasteiger partial charge is 0.497 e. The van der Waals surface area contributed by atoms with E-state index in [1.165, 1.54) is 11.8 Å². The highest BCUT2D eigenvalue weighted by atomic mass is 32.2. The summed E-state index contributed by atoms with van der Waals surface area (Å²) in [6.07, 6.45) is 0. The van der Waals surface area contributed by atoms with Crippen molar-refractivity contribution in [3.8, 4) is 5.75 Å². The summed E-state index contributed by atoms with van der Waals surface area (Å²) in [6, 6.07) is 7.18. The van der Waals surface area contributed by atoms with Crippen molar-refractivity contribution < 1.29 is 17.9 Å². The van der Waals surface area contributed by atoms with E-state index >= 15 is 0 Å². The number of thioether (sulfide) groups is 1. The molecule has 1 aromatic carbocycles. The lowest BCUT2D eigenvalue weighted by Crippen LogP contribution is -2.37. The molecule has 0 N–H and O–H groups in total. The molecule has 0 saturated carbocycles. The minimum absolute atomic E-state index is 0.0801. The third-order valence-corrected chi connectivity index (χ3v) is 7.31. The fourth-order valence-electron chi connectivity index (χ4n) is 2.85. The van der Waals surface area contributed by atoms with E-state index in [1.54, 1.807) is 21.0 Å². The summed E-state index contributed by atoms with van der Waals surface area (Å²) in [5, 5.41) is 0.478. The van der Waals surface area contributed by atoms with E-state index in [0.29, 0.717) is 10.9 Å². The summed E-state index contributed by atoms with van der Waals surface area (Å²) < 4.78 is 29.3. The van der Waals surface area contributed by atoms with Crippen LogP contribution in [0.1, 0.15) is 13.8 Å². The Labute approximate surface area is 146 Å². The van der Waals surface area contributed by atoms with Gasteiger partial charge in [-0.15, -0.1) is 0 Å². The second kappa shape index (κ2) is 6.40. The molecule has 6 nitrogen and oxygen atoms in total. The standard InChI is InChI=1S/C16H20N2O4S2/c1-10(2)15(19)17-16-18(11-5-4-6-12(7-11)22-3)13-8-24(20,21)9-14(13)23-16/h4-7,10,13-14H,8-9H2,1-3H3. The molecule has 1 aromatic rings. The van der Waals surface area contributed by atoms with E-state index in [2.05, 4.69) is 4.99 Å². The molecule has 2 atom stereocenters. The zero-order valence-corrected chi connectivity index (χ0v) is 15.4. The molecule has 1 amide bonds. The van der Waals surface area contributed by atoms with Gasteiger partial charge in [-0.2, -0.15) is 4.99 Å². The van der Waals surface area contributed by atoms with Gasteiger partial charge in [0.25, 0.3) is 5.91 Å². The molecule has 0 spiro atoms. The number of benzene rings is 1. The second-order valence-corrected chi connectivity index (χ2v) is 9.62. The van der Waals surface area contributed by atoms with Gasteiger partial charge in [-0.25, -0.2) is 8.42 Å². The van der Waals surface area contributed by atoms with Gasteiger partial charge in [0.2, 0.25) is 0 Å². The number of nitrogens with zero attached hydrogens (tertiary/aromatic N) is 2. The van der Waals surface area contributed by atoms with Gasteiger partial charge in [-0.3, -0.25) is 4.79 Å². The first-order chi connectivity index (χ1) is 11.3. The number of anilines is 1. The molecule has 2 heterocycles. The Morgan fingerprint density at radius 2 is 2.12 bits per heavy atom. The van der Waals surface area contributed by atoms with Crippen LogP contribution in [-0.2, 0) is 14.6 Å². The molecule has 2 saturated heterocycles. The number of carbonyl (C=O) groups excluding carboxylic acids is 1. The fourth-order valence-corrected chi connectivity index (χ4v) is 6.77. The van der Waals surface area contributed by atoms with Crippen molar-refractivity contribution in [1.82, 2.24) is 0 Å². The predicted molar refractivity (Wildman–Crippen MR) is 96.6 cm³/mol. The Balaban J connectivity index is 2.02. The summed E-state index contributed by atoms with van der Waals surface area (Å²) in [4.78, 5) is 18.2. The number of carbonyl (C=O) groups is 1. The lowest BCUT2D eigenvalue weighted by Gasteiger charge is -2.25. The van der Waals surface area contributed by atoms with Crippen LogP contribution in [0.25, 0.3) is 0 Å². The highest BCUT2D eigenvalue weighted by Crippen LogP contribution is 2.41. The van der Waals surface area contributed by atoms with Crippen LogP contribution in [0.3, 0.4) is 0 Å². The molecular formula is C16H20N2O4S2. The number of aliphatic imine (C=N–C) groups is 1. The number of ether oxygens (including phenoxy) is 1. The van der Waals surface area contributed by atoms with Crippen LogP contribution in [-0.4, -0.2) is 49.4 Å². The number of rotatable bonds is 3. The van der Waals surface area contributed by atoms with E-state index < -0.39 is 9.84 Å². The van der Waals surface area contributed by atoms with Gasteiger partial charge in [0.15, 0.2) is 15.0 Å². The SMILES string of the molecule is COc1cccc(N2C(=NC(=O)C(C)C)SC3CS(=O)(=O)CC32)c1. The van der Waals surface area contributed by atoms with E-state index in [0.717, 1.165) is 5.69 Å². The van der Waals surface area contributed by atoms with Crippen molar-refractivity contribution in [1.29, 1.82) is 0 Å². The maximum Gasteiger partial charge on any atom is 0.250 e. The number of amidine groups is 1. The first kappa shape index (κ1) is 17.3. The van der Waals surface area contributed by atoms with Crippen molar-refractivity contribution in [3.05, 3.63) is 24.3 Å². The van der Waals surface area contributed by atoms with Gasteiger partial charge in [-0.05, 0) is 12.1 Å². The number of sulfone groups is 1. The van der Waals surface area contributed by atoms with Crippen molar-refractivity contribution >= 4 is 38.4 Å². The van der Waals surface area contributed by atoms with Crippen LogP contribution in [0.2, 0.25) is 0 Å². The van der Waals surface area contributed by atoms with Gasteiger partial charge in [-0.1, -0.05) is 31.7 Å². The summed E-state index contributed by atoms with van der Waals surface area (Å²) in [6.45, 7) is 3.60. The summed E-state index contributed by atoms with van der Waals surface area (Å²) in [7, 11) is -1.48. The van der Waals surface area contributed by atoms with Crippen LogP contribution >= 0.6 is 11.8 Å². The van der Waals surface area contributed by atoms with Gasteiger partial charge < -0.3 is 9.64 Å². The first-order valence-electron chi connectivity index (χ1n) is 7.73. The number of fused-ring (bicyclic) bond motifs is 1. The number of hydrogen-bond acceptors (Lipinski definition) is 5. The highest BCUT2D eigenvalue weighted by Gasteiger charge is 2.49. The lowest BCUT2D eigenvalue weighted by atomic mass is 10.2. The Kier molecular flexibility index (Phi) is 4.61. The highest BCUT2D eigenvalue weighted by molar-refractivity contribution is 8.16. The third kappa shape index (κ3) is 3.30. The zero-order valence-electron chi connectivity index (χ0n) is 13.8. The molecule has 8 heteroatoms. The molecule has 130 valence electrons. The quantitative estimate of drug-likeness (QED) is 0.812.